The fraction of sp³-hybridized carbons (Fsp3) is 0.143. The van der Waals surface area contributed by atoms with Gasteiger partial charge in [-0.3, -0.25) is 0 Å². The summed E-state index contributed by atoms with van der Waals surface area (Å²) in [5, 5.41) is 5.49. The van der Waals surface area contributed by atoms with Crippen molar-refractivity contribution in [2.45, 2.75) is 19.4 Å². The standard InChI is InChI=1S/C21H16ClN3O2/c1-13-20(14-6-8-15(22)9-7-14)21-23-16(18-4-2-10-26-18)12-17(25(21)24-13)19-5-3-11-27-19/h2-11,17H,12H2,1H3. The predicted octanol–water partition coefficient (Wildman–Crippen LogP) is 5.81. The van der Waals surface area contributed by atoms with Crippen molar-refractivity contribution in [2.24, 2.45) is 4.99 Å². The number of furan rings is 2. The number of hydrogen-bond acceptors (Lipinski definition) is 4. The van der Waals surface area contributed by atoms with Crippen molar-refractivity contribution in [2.75, 3.05) is 0 Å². The molecule has 1 atom stereocenters. The van der Waals surface area contributed by atoms with Gasteiger partial charge < -0.3 is 8.83 Å². The fourth-order valence-corrected chi connectivity index (χ4v) is 3.68. The summed E-state index contributed by atoms with van der Waals surface area (Å²) in [6, 6.07) is 15.3. The molecule has 4 heterocycles. The molecule has 27 heavy (non-hydrogen) atoms. The largest absolute Gasteiger partial charge is 0.467 e. The van der Waals surface area contributed by atoms with Crippen molar-refractivity contribution in [3.8, 4) is 11.1 Å². The minimum Gasteiger partial charge on any atom is -0.467 e. The summed E-state index contributed by atoms with van der Waals surface area (Å²) in [6.07, 6.45) is 4.00. The van der Waals surface area contributed by atoms with E-state index in [0.29, 0.717) is 11.4 Å². The molecule has 3 aromatic heterocycles. The summed E-state index contributed by atoms with van der Waals surface area (Å²) in [6.45, 7) is 2.00. The molecule has 4 aromatic rings. The molecule has 6 heteroatoms. The van der Waals surface area contributed by atoms with E-state index in [1.54, 1.807) is 12.5 Å². The number of halogens is 1. The molecule has 1 aliphatic rings. The van der Waals surface area contributed by atoms with Gasteiger partial charge in [-0.05, 0) is 48.9 Å². The minimum atomic E-state index is -0.0765. The van der Waals surface area contributed by atoms with E-state index in [1.807, 2.05) is 60.1 Å². The van der Waals surface area contributed by atoms with Crippen molar-refractivity contribution in [3.05, 3.63) is 83.3 Å². The van der Waals surface area contributed by atoms with Crippen molar-refractivity contribution in [3.63, 3.8) is 0 Å². The van der Waals surface area contributed by atoms with Crippen LogP contribution in [-0.2, 0) is 0 Å². The molecular formula is C21H16ClN3O2. The third kappa shape index (κ3) is 2.71. The second-order valence-electron chi connectivity index (χ2n) is 6.51. The maximum absolute atomic E-state index is 6.06. The molecule has 0 saturated heterocycles. The Kier molecular flexibility index (Phi) is 3.76. The van der Waals surface area contributed by atoms with Crippen molar-refractivity contribution >= 4 is 23.1 Å². The topological polar surface area (TPSA) is 56.5 Å². The SMILES string of the molecule is Cc1nn2c(c1-c1ccc(Cl)cc1)N=C(c1ccco1)CC2c1ccco1. The summed E-state index contributed by atoms with van der Waals surface area (Å²) >= 11 is 6.06. The molecule has 134 valence electrons. The first-order valence-electron chi connectivity index (χ1n) is 8.70. The van der Waals surface area contributed by atoms with Crippen LogP contribution in [0.2, 0.25) is 5.02 Å². The Hall–Kier alpha value is -3.05. The average Bonchev–Trinajstić information content (AvgIpc) is 3.42. The van der Waals surface area contributed by atoms with E-state index in [-0.39, 0.29) is 6.04 Å². The van der Waals surface area contributed by atoms with Gasteiger partial charge in [0.2, 0.25) is 0 Å². The Morgan fingerprint density at radius 3 is 2.52 bits per heavy atom. The lowest BCUT2D eigenvalue weighted by molar-refractivity contribution is 0.407. The highest BCUT2D eigenvalue weighted by Gasteiger charge is 2.31. The third-order valence-electron chi connectivity index (χ3n) is 4.79. The van der Waals surface area contributed by atoms with Gasteiger partial charge in [0.15, 0.2) is 5.82 Å². The van der Waals surface area contributed by atoms with Crippen LogP contribution in [0, 0.1) is 6.92 Å². The number of aromatic nitrogens is 2. The number of aliphatic imine (C=N–C) groups is 1. The van der Waals surface area contributed by atoms with Crippen LogP contribution in [0.15, 0.2) is 74.9 Å². The monoisotopic (exact) mass is 377 g/mol. The van der Waals surface area contributed by atoms with E-state index in [9.17, 15) is 0 Å². The van der Waals surface area contributed by atoms with Crippen molar-refractivity contribution in [1.82, 2.24) is 9.78 Å². The highest BCUT2D eigenvalue weighted by atomic mass is 35.5. The van der Waals surface area contributed by atoms with Gasteiger partial charge in [-0.25, -0.2) is 9.67 Å². The van der Waals surface area contributed by atoms with E-state index in [1.165, 1.54) is 0 Å². The van der Waals surface area contributed by atoms with E-state index >= 15 is 0 Å². The molecule has 0 radical (unpaired) electrons. The second kappa shape index (κ2) is 6.28. The zero-order valence-corrected chi connectivity index (χ0v) is 15.3. The van der Waals surface area contributed by atoms with Gasteiger partial charge in [0.05, 0.1) is 23.9 Å². The summed E-state index contributed by atoms with van der Waals surface area (Å²) in [5.41, 5.74) is 3.81. The van der Waals surface area contributed by atoms with Gasteiger partial charge in [0, 0.05) is 17.0 Å². The number of fused-ring (bicyclic) bond motifs is 1. The Balaban J connectivity index is 1.73. The first kappa shape index (κ1) is 16.1. The van der Waals surface area contributed by atoms with Gasteiger partial charge in [0.25, 0.3) is 0 Å². The van der Waals surface area contributed by atoms with Crippen LogP contribution in [0.5, 0.6) is 0 Å². The van der Waals surface area contributed by atoms with Crippen LogP contribution in [-0.4, -0.2) is 15.5 Å². The van der Waals surface area contributed by atoms with Crippen LogP contribution in [0.3, 0.4) is 0 Å². The Morgan fingerprint density at radius 1 is 1.04 bits per heavy atom. The van der Waals surface area contributed by atoms with Gasteiger partial charge in [-0.1, -0.05) is 23.7 Å². The van der Waals surface area contributed by atoms with E-state index in [2.05, 4.69) is 0 Å². The highest BCUT2D eigenvalue weighted by molar-refractivity contribution is 6.30. The second-order valence-corrected chi connectivity index (χ2v) is 6.94. The van der Waals surface area contributed by atoms with E-state index < -0.39 is 0 Å². The van der Waals surface area contributed by atoms with Gasteiger partial charge in [0.1, 0.15) is 17.6 Å². The zero-order valence-electron chi connectivity index (χ0n) is 14.6. The number of aryl methyl sites for hydroxylation is 1. The van der Waals surface area contributed by atoms with Crippen molar-refractivity contribution in [1.29, 1.82) is 0 Å². The molecule has 0 aliphatic carbocycles. The molecule has 0 fully saturated rings. The first-order chi connectivity index (χ1) is 13.2. The first-order valence-corrected chi connectivity index (χ1v) is 9.08. The molecule has 0 saturated carbocycles. The molecule has 5 rings (SSSR count). The Bertz CT molecular complexity index is 1110. The van der Waals surface area contributed by atoms with E-state index in [4.69, 9.17) is 30.5 Å². The molecule has 1 aromatic carbocycles. The van der Waals surface area contributed by atoms with Crippen LogP contribution in [0.1, 0.15) is 29.7 Å². The van der Waals surface area contributed by atoms with Crippen LogP contribution in [0.4, 0.5) is 5.82 Å². The number of hydrogen-bond donors (Lipinski definition) is 0. The number of rotatable bonds is 3. The number of benzene rings is 1. The Morgan fingerprint density at radius 2 is 1.81 bits per heavy atom. The molecule has 5 nitrogen and oxygen atoms in total. The molecule has 0 bridgehead atoms. The van der Waals surface area contributed by atoms with Crippen LogP contribution < -0.4 is 0 Å². The number of nitrogens with zero attached hydrogens (tertiary/aromatic N) is 3. The average molecular weight is 378 g/mol. The predicted molar refractivity (Wildman–Crippen MR) is 104 cm³/mol. The van der Waals surface area contributed by atoms with Gasteiger partial charge in [-0.2, -0.15) is 5.10 Å². The maximum Gasteiger partial charge on any atom is 0.159 e. The van der Waals surface area contributed by atoms with Crippen LogP contribution in [0.25, 0.3) is 11.1 Å². The zero-order chi connectivity index (χ0) is 18.4. The summed E-state index contributed by atoms with van der Waals surface area (Å²) < 4.78 is 13.3. The summed E-state index contributed by atoms with van der Waals surface area (Å²) in [5.74, 6) is 2.41. The molecular weight excluding hydrogens is 362 g/mol. The highest BCUT2D eigenvalue weighted by Crippen LogP contribution is 2.41. The maximum atomic E-state index is 6.06. The van der Waals surface area contributed by atoms with Gasteiger partial charge in [-0.15, -0.1) is 0 Å². The summed E-state index contributed by atoms with van der Waals surface area (Å²) in [7, 11) is 0. The lowest BCUT2D eigenvalue weighted by atomic mass is 10.0. The summed E-state index contributed by atoms with van der Waals surface area (Å²) in [4.78, 5) is 4.92. The molecule has 1 aliphatic heterocycles. The van der Waals surface area contributed by atoms with Gasteiger partial charge >= 0.3 is 0 Å². The Labute approximate surface area is 160 Å². The minimum absolute atomic E-state index is 0.0765. The fourth-order valence-electron chi connectivity index (χ4n) is 3.56. The smallest absolute Gasteiger partial charge is 0.159 e. The van der Waals surface area contributed by atoms with Crippen molar-refractivity contribution < 1.29 is 8.83 Å². The molecule has 0 spiro atoms. The molecule has 0 N–H and O–H groups in total. The normalized spacial score (nSPS) is 16.2. The molecule has 1 unspecified atom stereocenters. The lowest BCUT2D eigenvalue weighted by Gasteiger charge is -2.22. The third-order valence-corrected chi connectivity index (χ3v) is 5.05. The molecule has 0 amide bonds. The van der Waals surface area contributed by atoms with E-state index in [0.717, 1.165) is 39.9 Å². The quantitative estimate of drug-likeness (QED) is 0.452. The lowest BCUT2D eigenvalue weighted by Crippen LogP contribution is -2.20. The van der Waals surface area contributed by atoms with Crippen LogP contribution >= 0.6 is 11.6 Å².